The maximum atomic E-state index is 12.8. The minimum Gasteiger partial charge on any atom is -0.365 e. The van der Waals surface area contributed by atoms with Gasteiger partial charge in [0.05, 0.1) is 16.7 Å². The Bertz CT molecular complexity index is 1290. The van der Waals surface area contributed by atoms with Crippen LogP contribution in [0.15, 0.2) is 54.6 Å². The normalized spacial score (nSPS) is 14.8. The predicted molar refractivity (Wildman–Crippen MR) is 135 cm³/mol. The van der Waals surface area contributed by atoms with Crippen molar-refractivity contribution < 1.29 is 19.2 Å². The molecule has 8 nitrogen and oxygen atoms in total. The van der Waals surface area contributed by atoms with Crippen LogP contribution in [0.1, 0.15) is 47.1 Å². The molecule has 3 aromatic rings. The number of halogens is 1. The van der Waals surface area contributed by atoms with Gasteiger partial charge >= 0.3 is 0 Å². The van der Waals surface area contributed by atoms with E-state index in [1.54, 1.807) is 24.3 Å². The Kier molecular flexibility index (Phi) is 7.02. The van der Waals surface area contributed by atoms with Gasteiger partial charge in [0, 0.05) is 24.5 Å². The van der Waals surface area contributed by atoms with Gasteiger partial charge in [-0.25, -0.2) is 0 Å². The number of anilines is 1. The third kappa shape index (κ3) is 4.70. The molecule has 2 aliphatic rings. The first kappa shape index (κ1) is 24.6. The largest absolute Gasteiger partial charge is 0.365 e. The highest BCUT2D eigenvalue weighted by atomic mass is 35.5. The highest BCUT2D eigenvalue weighted by molar-refractivity contribution is 7.17. The maximum absolute atomic E-state index is 12.8. The number of carbonyl (C=O) groups is 4. The zero-order valence-corrected chi connectivity index (χ0v) is 20.3. The fourth-order valence-electron chi connectivity index (χ4n) is 4.47. The van der Waals surface area contributed by atoms with Crippen LogP contribution >= 0.6 is 23.7 Å². The van der Waals surface area contributed by atoms with E-state index in [2.05, 4.69) is 22.3 Å². The molecule has 0 aliphatic carbocycles. The molecule has 0 atom stereocenters. The highest BCUT2D eigenvalue weighted by Gasteiger charge is 2.36. The lowest BCUT2D eigenvalue weighted by Crippen LogP contribution is -2.37. The van der Waals surface area contributed by atoms with E-state index in [1.165, 1.54) is 16.9 Å². The van der Waals surface area contributed by atoms with E-state index in [1.807, 2.05) is 18.2 Å². The van der Waals surface area contributed by atoms with E-state index in [0.29, 0.717) is 23.5 Å². The topological polar surface area (TPSA) is 113 Å². The molecule has 0 fully saturated rings. The number of benzene rings is 2. The molecular weight excluding hydrogens is 488 g/mol. The number of fused-ring (bicyclic) bond motifs is 2. The first-order chi connectivity index (χ1) is 16.4. The first-order valence-corrected chi connectivity index (χ1v) is 11.7. The molecule has 5 rings (SSSR count). The van der Waals surface area contributed by atoms with Crippen molar-refractivity contribution in [2.45, 2.75) is 19.5 Å². The summed E-state index contributed by atoms with van der Waals surface area (Å²) in [6.45, 7) is 1.75. The lowest BCUT2D eigenvalue weighted by Gasteiger charge is -2.27. The highest BCUT2D eigenvalue weighted by Crippen LogP contribution is 2.37. The number of carbonyl (C=O) groups excluding carboxylic acids is 4. The summed E-state index contributed by atoms with van der Waals surface area (Å²) >= 11 is 1.32. The Balaban J connectivity index is 0.00000289. The van der Waals surface area contributed by atoms with Gasteiger partial charge in [0.15, 0.2) is 0 Å². The molecule has 1 aromatic heterocycles. The van der Waals surface area contributed by atoms with Gasteiger partial charge in [0.25, 0.3) is 17.7 Å². The molecule has 2 aliphatic heterocycles. The Labute approximate surface area is 212 Å². The molecule has 0 radical (unpaired) electrons. The first-order valence-electron chi connectivity index (χ1n) is 10.9. The van der Waals surface area contributed by atoms with Crippen molar-refractivity contribution in [3.8, 4) is 0 Å². The number of primary amides is 1. The zero-order valence-electron chi connectivity index (χ0n) is 18.7. The Morgan fingerprint density at radius 1 is 0.971 bits per heavy atom. The second-order valence-electron chi connectivity index (χ2n) is 8.31. The van der Waals surface area contributed by atoms with E-state index in [4.69, 9.17) is 5.73 Å². The molecule has 3 heterocycles. The van der Waals surface area contributed by atoms with Gasteiger partial charge in [-0.15, -0.1) is 23.7 Å². The zero-order chi connectivity index (χ0) is 23.8. The van der Waals surface area contributed by atoms with Crippen LogP contribution in [0.5, 0.6) is 0 Å². The third-order valence-electron chi connectivity index (χ3n) is 6.06. The lowest BCUT2D eigenvalue weighted by atomic mass is 10.0. The van der Waals surface area contributed by atoms with Gasteiger partial charge in [0.1, 0.15) is 11.5 Å². The third-order valence-corrected chi connectivity index (χ3v) is 7.20. The Morgan fingerprint density at radius 2 is 1.60 bits per heavy atom. The fraction of sp³-hybridized carbons (Fsp3) is 0.200. The smallest absolute Gasteiger partial charge is 0.262 e. The van der Waals surface area contributed by atoms with Crippen molar-refractivity contribution in [1.29, 1.82) is 0 Å². The number of nitrogens with zero attached hydrogens (tertiary/aromatic N) is 2. The molecule has 180 valence electrons. The number of nitrogens with two attached hydrogens (primary N) is 1. The summed E-state index contributed by atoms with van der Waals surface area (Å²) in [5.41, 5.74) is 8.60. The van der Waals surface area contributed by atoms with Gasteiger partial charge in [0.2, 0.25) is 5.91 Å². The van der Waals surface area contributed by atoms with Gasteiger partial charge < -0.3 is 11.1 Å². The monoisotopic (exact) mass is 510 g/mol. The average molecular weight is 511 g/mol. The number of rotatable bonds is 6. The SMILES string of the molecule is Cl.NC(=O)c1c(NC(=O)CN2C(=O)c3ccccc3C2=O)sc2c1CCN(Cc1ccccc1)C2. The average Bonchev–Trinajstić information content (AvgIpc) is 3.30. The van der Waals surface area contributed by atoms with Crippen LogP contribution in [0.3, 0.4) is 0 Å². The molecule has 2 aromatic carbocycles. The standard InChI is InChI=1S/C25H22N4O4S.ClH/c26-22(31)21-18-10-11-28(12-15-6-2-1-3-7-15)13-19(18)34-23(21)27-20(30)14-29-24(32)16-8-4-5-9-17(16)25(29)33;/h1-9H,10-14H2,(H2,26,31)(H,27,30);1H. The number of imide groups is 1. The molecule has 0 saturated carbocycles. The van der Waals surface area contributed by atoms with Crippen LogP contribution in [0.25, 0.3) is 0 Å². The van der Waals surface area contributed by atoms with Crippen molar-refractivity contribution >= 4 is 52.4 Å². The van der Waals surface area contributed by atoms with Crippen molar-refractivity contribution in [2.24, 2.45) is 5.73 Å². The predicted octanol–water partition coefficient (Wildman–Crippen LogP) is 3.06. The summed E-state index contributed by atoms with van der Waals surface area (Å²) in [5, 5.41) is 3.08. The molecule has 0 spiro atoms. The summed E-state index contributed by atoms with van der Waals surface area (Å²) < 4.78 is 0. The quantitative estimate of drug-likeness (QED) is 0.495. The van der Waals surface area contributed by atoms with E-state index in [9.17, 15) is 19.2 Å². The van der Waals surface area contributed by atoms with Crippen LogP contribution in [0.4, 0.5) is 5.00 Å². The summed E-state index contributed by atoms with van der Waals surface area (Å²) in [6.07, 6.45) is 0.644. The number of amides is 4. The number of hydrogen-bond donors (Lipinski definition) is 2. The van der Waals surface area contributed by atoms with Crippen molar-refractivity contribution in [1.82, 2.24) is 9.80 Å². The van der Waals surface area contributed by atoms with Crippen LogP contribution in [0.2, 0.25) is 0 Å². The Hall–Kier alpha value is -3.53. The number of thiophene rings is 1. The second-order valence-corrected chi connectivity index (χ2v) is 9.41. The van der Waals surface area contributed by atoms with E-state index in [-0.39, 0.29) is 23.5 Å². The second kappa shape index (κ2) is 9.99. The minimum atomic E-state index is -0.606. The fourth-order valence-corrected chi connectivity index (χ4v) is 5.79. The minimum absolute atomic E-state index is 0. The molecule has 3 N–H and O–H groups in total. The van der Waals surface area contributed by atoms with Crippen LogP contribution in [-0.2, 0) is 24.3 Å². The summed E-state index contributed by atoms with van der Waals surface area (Å²) in [4.78, 5) is 54.3. The lowest BCUT2D eigenvalue weighted by molar-refractivity contribution is -0.116. The molecule has 10 heteroatoms. The van der Waals surface area contributed by atoms with Gasteiger partial charge in [-0.1, -0.05) is 42.5 Å². The maximum Gasteiger partial charge on any atom is 0.262 e. The van der Waals surface area contributed by atoms with Gasteiger partial charge in [-0.2, -0.15) is 0 Å². The number of nitrogens with one attached hydrogen (secondary N) is 1. The van der Waals surface area contributed by atoms with Gasteiger partial charge in [-0.05, 0) is 29.7 Å². The van der Waals surface area contributed by atoms with E-state index in [0.717, 1.165) is 28.4 Å². The molecule has 4 amide bonds. The van der Waals surface area contributed by atoms with Crippen LogP contribution in [-0.4, -0.2) is 46.5 Å². The molecular formula is C25H23ClN4O4S. The molecule has 0 saturated heterocycles. The number of hydrogen-bond acceptors (Lipinski definition) is 6. The van der Waals surface area contributed by atoms with E-state index >= 15 is 0 Å². The van der Waals surface area contributed by atoms with Crippen molar-refractivity contribution in [3.05, 3.63) is 87.3 Å². The van der Waals surface area contributed by atoms with E-state index < -0.39 is 30.2 Å². The molecule has 0 unspecified atom stereocenters. The Morgan fingerprint density at radius 3 is 2.23 bits per heavy atom. The van der Waals surface area contributed by atoms with Crippen molar-refractivity contribution in [2.75, 3.05) is 18.4 Å². The summed E-state index contributed by atoms with van der Waals surface area (Å²) in [6, 6.07) is 16.6. The van der Waals surface area contributed by atoms with Crippen LogP contribution in [0, 0.1) is 0 Å². The van der Waals surface area contributed by atoms with Gasteiger partial charge in [-0.3, -0.25) is 29.0 Å². The summed E-state index contributed by atoms with van der Waals surface area (Å²) in [7, 11) is 0. The summed E-state index contributed by atoms with van der Waals surface area (Å²) in [5.74, 6) is -2.18. The van der Waals surface area contributed by atoms with Crippen molar-refractivity contribution in [3.63, 3.8) is 0 Å². The molecule has 0 bridgehead atoms. The van der Waals surface area contributed by atoms with Crippen LogP contribution < -0.4 is 11.1 Å². The molecule has 35 heavy (non-hydrogen) atoms.